The molecule has 2 fully saturated rings. The van der Waals surface area contributed by atoms with E-state index in [0.29, 0.717) is 0 Å². The summed E-state index contributed by atoms with van der Waals surface area (Å²) >= 11 is 0. The zero-order chi connectivity index (χ0) is 19.2. The predicted octanol–water partition coefficient (Wildman–Crippen LogP) is 1.76. The lowest BCUT2D eigenvalue weighted by molar-refractivity contribution is -0.117. The molecule has 1 aromatic carbocycles. The van der Waals surface area contributed by atoms with Crippen LogP contribution in [0.15, 0.2) is 35.4 Å². The number of hydrogen-bond donors (Lipinski definition) is 2. The summed E-state index contributed by atoms with van der Waals surface area (Å²) in [6.45, 7) is 0. The van der Waals surface area contributed by atoms with Gasteiger partial charge < -0.3 is 5.32 Å². The third-order valence-electron chi connectivity index (χ3n) is 4.81. The lowest BCUT2D eigenvalue weighted by Crippen LogP contribution is -2.33. The maximum Gasteiger partial charge on any atom is 0.283 e. The lowest BCUT2D eigenvalue weighted by atomic mass is 10.1. The van der Waals surface area contributed by atoms with Gasteiger partial charge in [0.05, 0.1) is 11.9 Å². The molecule has 0 unspecified atom stereocenters. The monoisotopic (exact) mass is 388 g/mol. The lowest BCUT2D eigenvalue weighted by Gasteiger charge is -2.13. The molecule has 27 heavy (non-hydrogen) atoms. The van der Waals surface area contributed by atoms with Crippen LogP contribution in [0, 0.1) is 5.92 Å². The van der Waals surface area contributed by atoms with Crippen LogP contribution in [-0.4, -0.2) is 30.0 Å². The molecule has 0 spiro atoms. The van der Waals surface area contributed by atoms with Crippen LogP contribution in [0.3, 0.4) is 0 Å². The molecule has 2 aliphatic rings. The van der Waals surface area contributed by atoms with E-state index in [4.69, 9.17) is 0 Å². The minimum Gasteiger partial charge on any atom is -0.325 e. The third kappa shape index (κ3) is 3.59. The summed E-state index contributed by atoms with van der Waals surface area (Å²) in [5.74, 6) is -0.731. The summed E-state index contributed by atoms with van der Waals surface area (Å²) in [7, 11) is -2.55. The first-order chi connectivity index (χ1) is 12.9. The average Bonchev–Trinajstić information content (AvgIpc) is 3.52. The van der Waals surface area contributed by atoms with Crippen molar-refractivity contribution in [3.05, 3.63) is 41.7 Å². The molecule has 2 aromatic rings. The van der Waals surface area contributed by atoms with Crippen LogP contribution in [-0.2, 0) is 21.9 Å². The minimum absolute atomic E-state index is 0.0640. The van der Waals surface area contributed by atoms with E-state index in [-0.39, 0.29) is 34.0 Å². The smallest absolute Gasteiger partial charge is 0.283 e. The number of carbonyl (C=O) groups excluding carboxylic acids is 2. The molecule has 0 aliphatic heterocycles. The first-order valence-corrected chi connectivity index (χ1v) is 10.3. The maximum absolute atomic E-state index is 12.8. The van der Waals surface area contributed by atoms with Crippen LogP contribution < -0.4 is 10.0 Å². The third-order valence-corrected chi connectivity index (χ3v) is 6.20. The van der Waals surface area contributed by atoms with Crippen molar-refractivity contribution >= 4 is 27.5 Å². The number of aryl methyl sites for hydroxylation is 1. The van der Waals surface area contributed by atoms with Gasteiger partial charge in [-0.15, -0.1) is 0 Å². The molecule has 8 nitrogen and oxygen atoms in total. The normalized spacial score (nSPS) is 16.8. The Morgan fingerprint density at radius 2 is 1.85 bits per heavy atom. The molecule has 1 aromatic heterocycles. The second kappa shape index (κ2) is 6.49. The van der Waals surface area contributed by atoms with Gasteiger partial charge in [0.1, 0.15) is 10.6 Å². The van der Waals surface area contributed by atoms with E-state index in [1.807, 2.05) is 0 Å². The first-order valence-electron chi connectivity index (χ1n) is 8.86. The summed E-state index contributed by atoms with van der Waals surface area (Å²) in [6, 6.07) is 6.06. The topological polar surface area (TPSA) is 110 Å². The highest BCUT2D eigenvalue weighted by Crippen LogP contribution is 2.41. The standard InChI is InChI=1S/C18H20N4O4S/c1-22-16(13(10-19-22)11-6-7-11)18(24)21-27(25,26)15-5-3-2-4-14(15)20-17(23)12-8-9-12/h2-5,10-12H,6-9H2,1H3,(H,20,23)(H,21,24). The molecule has 9 heteroatoms. The second-order valence-corrected chi connectivity index (χ2v) is 8.69. The Balaban J connectivity index is 1.60. The molecule has 1 heterocycles. The molecule has 4 rings (SSSR count). The molecule has 142 valence electrons. The highest BCUT2D eigenvalue weighted by atomic mass is 32.2. The van der Waals surface area contributed by atoms with Gasteiger partial charge in [-0.25, -0.2) is 13.1 Å². The first kappa shape index (κ1) is 17.7. The zero-order valence-electron chi connectivity index (χ0n) is 14.8. The van der Waals surface area contributed by atoms with E-state index in [0.717, 1.165) is 31.2 Å². The number of sulfonamides is 1. The Kier molecular flexibility index (Phi) is 4.26. The van der Waals surface area contributed by atoms with Gasteiger partial charge in [0.2, 0.25) is 5.91 Å². The van der Waals surface area contributed by atoms with Crippen molar-refractivity contribution in [2.75, 3.05) is 5.32 Å². The second-order valence-electron chi connectivity index (χ2n) is 7.04. The highest BCUT2D eigenvalue weighted by Gasteiger charge is 2.34. The molecule has 0 atom stereocenters. The quantitative estimate of drug-likeness (QED) is 0.784. The van der Waals surface area contributed by atoms with E-state index >= 15 is 0 Å². The fraction of sp³-hybridized carbons (Fsp3) is 0.389. The summed E-state index contributed by atoms with van der Waals surface area (Å²) in [6.07, 6.45) is 5.16. The van der Waals surface area contributed by atoms with Gasteiger partial charge in [-0.3, -0.25) is 14.3 Å². The number of rotatable bonds is 6. The van der Waals surface area contributed by atoms with Crippen molar-refractivity contribution in [1.29, 1.82) is 0 Å². The predicted molar refractivity (Wildman–Crippen MR) is 97.6 cm³/mol. The molecular formula is C18H20N4O4S. The van der Waals surface area contributed by atoms with Crippen molar-refractivity contribution in [3.8, 4) is 0 Å². The average molecular weight is 388 g/mol. The summed E-state index contributed by atoms with van der Waals surface area (Å²) in [4.78, 5) is 24.6. The van der Waals surface area contributed by atoms with Crippen LogP contribution in [0.2, 0.25) is 0 Å². The minimum atomic E-state index is -4.16. The van der Waals surface area contributed by atoms with Crippen molar-refractivity contribution in [1.82, 2.24) is 14.5 Å². The van der Waals surface area contributed by atoms with E-state index in [1.54, 1.807) is 25.4 Å². The molecular weight excluding hydrogens is 368 g/mol. The zero-order valence-corrected chi connectivity index (χ0v) is 15.6. The van der Waals surface area contributed by atoms with Crippen molar-refractivity contribution in [3.63, 3.8) is 0 Å². The molecule has 2 N–H and O–H groups in total. The fourth-order valence-electron chi connectivity index (χ4n) is 3.04. The van der Waals surface area contributed by atoms with Crippen LogP contribution >= 0.6 is 0 Å². The molecule has 2 amide bonds. The summed E-state index contributed by atoms with van der Waals surface area (Å²) < 4.78 is 29.1. The number of anilines is 1. The Morgan fingerprint density at radius 3 is 2.52 bits per heavy atom. The van der Waals surface area contributed by atoms with E-state index in [9.17, 15) is 18.0 Å². The molecule has 2 saturated carbocycles. The van der Waals surface area contributed by atoms with E-state index < -0.39 is 15.9 Å². The number of hydrogen-bond acceptors (Lipinski definition) is 5. The van der Waals surface area contributed by atoms with Crippen LogP contribution in [0.5, 0.6) is 0 Å². The Bertz CT molecular complexity index is 1020. The number of aromatic nitrogens is 2. The van der Waals surface area contributed by atoms with Crippen molar-refractivity contribution < 1.29 is 18.0 Å². The number of para-hydroxylation sites is 1. The number of carbonyl (C=O) groups is 2. The Hall–Kier alpha value is -2.68. The van der Waals surface area contributed by atoms with Gasteiger partial charge in [-0.1, -0.05) is 12.1 Å². The van der Waals surface area contributed by atoms with Gasteiger partial charge >= 0.3 is 0 Å². The Morgan fingerprint density at radius 1 is 1.15 bits per heavy atom. The SMILES string of the molecule is Cn1ncc(C2CC2)c1C(=O)NS(=O)(=O)c1ccccc1NC(=O)C1CC1. The number of nitrogens with one attached hydrogen (secondary N) is 2. The molecule has 2 aliphatic carbocycles. The van der Waals surface area contributed by atoms with Gasteiger partial charge in [0.15, 0.2) is 0 Å². The van der Waals surface area contributed by atoms with Crippen LogP contribution in [0.4, 0.5) is 5.69 Å². The van der Waals surface area contributed by atoms with Crippen molar-refractivity contribution in [2.24, 2.45) is 13.0 Å². The number of nitrogens with zero attached hydrogens (tertiary/aromatic N) is 2. The van der Waals surface area contributed by atoms with Gasteiger partial charge in [0.25, 0.3) is 15.9 Å². The summed E-state index contributed by atoms with van der Waals surface area (Å²) in [5, 5.41) is 6.74. The fourth-order valence-corrected chi connectivity index (χ4v) is 4.15. The van der Waals surface area contributed by atoms with Crippen molar-refractivity contribution in [2.45, 2.75) is 36.5 Å². The Labute approximate surface area is 157 Å². The van der Waals surface area contributed by atoms with Crippen LogP contribution in [0.1, 0.15) is 47.7 Å². The van der Waals surface area contributed by atoms with E-state index in [2.05, 4.69) is 15.1 Å². The maximum atomic E-state index is 12.8. The molecule has 0 bridgehead atoms. The highest BCUT2D eigenvalue weighted by molar-refractivity contribution is 7.90. The van der Waals surface area contributed by atoms with Gasteiger partial charge in [0, 0.05) is 18.5 Å². The molecule has 0 saturated heterocycles. The van der Waals surface area contributed by atoms with Crippen LogP contribution in [0.25, 0.3) is 0 Å². The largest absolute Gasteiger partial charge is 0.325 e. The van der Waals surface area contributed by atoms with E-state index in [1.165, 1.54) is 16.8 Å². The van der Waals surface area contributed by atoms with Gasteiger partial charge in [-0.05, 0) is 43.7 Å². The number of benzene rings is 1. The molecule has 0 radical (unpaired) electrons. The number of amides is 2. The van der Waals surface area contributed by atoms with Gasteiger partial charge in [-0.2, -0.15) is 5.10 Å². The summed E-state index contributed by atoms with van der Waals surface area (Å²) in [5.41, 5.74) is 1.18.